The van der Waals surface area contributed by atoms with Gasteiger partial charge in [-0.15, -0.1) is 12.4 Å². The molecular formula is C15H21ClFN3O3. The van der Waals surface area contributed by atoms with Gasteiger partial charge >= 0.3 is 0 Å². The molecule has 0 radical (unpaired) electrons. The predicted octanol–water partition coefficient (Wildman–Crippen LogP) is 1.07. The third kappa shape index (κ3) is 5.16. The fourth-order valence-corrected chi connectivity index (χ4v) is 2.41. The van der Waals surface area contributed by atoms with E-state index in [9.17, 15) is 14.0 Å². The number of carbonyl (C=O) groups excluding carboxylic acids is 2. The molecule has 6 nitrogen and oxygen atoms in total. The van der Waals surface area contributed by atoms with E-state index in [-0.39, 0.29) is 36.6 Å². The number of anilines is 1. The summed E-state index contributed by atoms with van der Waals surface area (Å²) in [5.41, 5.74) is -0.398. The van der Waals surface area contributed by atoms with E-state index in [1.165, 1.54) is 31.4 Å². The maximum Gasteiger partial charge on any atom is 0.252 e. The van der Waals surface area contributed by atoms with Crippen LogP contribution in [0.3, 0.4) is 0 Å². The van der Waals surface area contributed by atoms with Gasteiger partial charge in [0.15, 0.2) is 0 Å². The van der Waals surface area contributed by atoms with Crippen LogP contribution in [0.4, 0.5) is 10.1 Å². The molecule has 1 heterocycles. The van der Waals surface area contributed by atoms with Gasteiger partial charge in [0.25, 0.3) is 5.91 Å². The van der Waals surface area contributed by atoms with Gasteiger partial charge in [-0.25, -0.2) is 4.39 Å². The Morgan fingerprint density at radius 2 is 1.87 bits per heavy atom. The van der Waals surface area contributed by atoms with Crippen LogP contribution in [0.25, 0.3) is 0 Å². The smallest absolute Gasteiger partial charge is 0.252 e. The first-order valence-electron chi connectivity index (χ1n) is 7.15. The van der Waals surface area contributed by atoms with Crippen LogP contribution in [0, 0.1) is 5.82 Å². The zero-order valence-electron chi connectivity index (χ0n) is 12.9. The zero-order valence-corrected chi connectivity index (χ0v) is 13.7. The molecule has 1 saturated heterocycles. The van der Waals surface area contributed by atoms with Gasteiger partial charge in [0, 0.05) is 12.8 Å². The van der Waals surface area contributed by atoms with Crippen LogP contribution in [0.5, 0.6) is 0 Å². The van der Waals surface area contributed by atoms with Crippen LogP contribution in [0.1, 0.15) is 12.8 Å². The van der Waals surface area contributed by atoms with Crippen LogP contribution in [-0.4, -0.2) is 44.2 Å². The first-order valence-corrected chi connectivity index (χ1v) is 7.15. The first-order chi connectivity index (χ1) is 10.6. The second kappa shape index (κ2) is 8.81. The van der Waals surface area contributed by atoms with Crippen LogP contribution in [-0.2, 0) is 14.3 Å². The summed E-state index contributed by atoms with van der Waals surface area (Å²) in [7, 11) is 1.50. The number of hydrogen-bond donors (Lipinski definition) is 3. The zero-order chi connectivity index (χ0) is 16.0. The number of hydrogen-bond acceptors (Lipinski definition) is 4. The molecule has 1 aliphatic rings. The molecule has 128 valence electrons. The van der Waals surface area contributed by atoms with Gasteiger partial charge in [-0.1, -0.05) is 0 Å². The Hall–Kier alpha value is -1.70. The number of carbonyl (C=O) groups is 2. The third-order valence-corrected chi connectivity index (χ3v) is 3.75. The highest BCUT2D eigenvalue weighted by Gasteiger charge is 2.39. The quantitative estimate of drug-likeness (QED) is 0.746. The fourth-order valence-electron chi connectivity index (χ4n) is 2.41. The normalized spacial score (nSPS) is 16.1. The van der Waals surface area contributed by atoms with E-state index in [0.717, 1.165) is 0 Å². The monoisotopic (exact) mass is 345 g/mol. The Balaban J connectivity index is 0.00000264. The number of benzene rings is 1. The number of amides is 2. The molecule has 2 amide bonds. The number of ether oxygens (including phenoxy) is 1. The fraction of sp³-hybridized carbons (Fsp3) is 0.467. The number of methoxy groups -OCH3 is 1. The molecule has 1 aromatic carbocycles. The van der Waals surface area contributed by atoms with Gasteiger partial charge in [0.2, 0.25) is 5.91 Å². The van der Waals surface area contributed by atoms with Crippen molar-refractivity contribution in [3.05, 3.63) is 30.1 Å². The topological polar surface area (TPSA) is 79.5 Å². The molecule has 0 saturated carbocycles. The Morgan fingerprint density at radius 1 is 1.26 bits per heavy atom. The largest absolute Gasteiger partial charge is 0.368 e. The van der Waals surface area contributed by atoms with Gasteiger partial charge < -0.3 is 20.7 Å². The number of halogens is 2. The van der Waals surface area contributed by atoms with Crippen molar-refractivity contribution in [3.8, 4) is 0 Å². The van der Waals surface area contributed by atoms with Crippen molar-refractivity contribution in [2.45, 2.75) is 18.4 Å². The maximum absolute atomic E-state index is 12.8. The van der Waals surface area contributed by atoms with E-state index in [4.69, 9.17) is 4.74 Å². The van der Waals surface area contributed by atoms with Crippen molar-refractivity contribution in [2.75, 3.05) is 32.1 Å². The second-order valence-electron chi connectivity index (χ2n) is 5.19. The van der Waals surface area contributed by atoms with Crippen LogP contribution in [0.2, 0.25) is 0 Å². The molecule has 1 aliphatic heterocycles. The van der Waals surface area contributed by atoms with Crippen molar-refractivity contribution < 1.29 is 18.7 Å². The molecule has 23 heavy (non-hydrogen) atoms. The van der Waals surface area contributed by atoms with Crippen molar-refractivity contribution in [1.82, 2.24) is 10.6 Å². The summed E-state index contributed by atoms with van der Waals surface area (Å²) in [6.45, 7) is 1.24. The Bertz CT molecular complexity index is 533. The van der Waals surface area contributed by atoms with E-state index in [1.807, 2.05) is 0 Å². The lowest BCUT2D eigenvalue weighted by atomic mass is 9.91. The van der Waals surface area contributed by atoms with Gasteiger partial charge in [0.05, 0.1) is 6.54 Å². The van der Waals surface area contributed by atoms with E-state index < -0.39 is 5.60 Å². The molecule has 0 spiro atoms. The van der Waals surface area contributed by atoms with E-state index >= 15 is 0 Å². The molecule has 1 aromatic rings. The summed E-state index contributed by atoms with van der Waals surface area (Å²) in [5, 5.41) is 8.34. The lowest BCUT2D eigenvalue weighted by Gasteiger charge is -2.34. The number of rotatable bonds is 5. The van der Waals surface area contributed by atoms with Gasteiger partial charge in [-0.3, -0.25) is 9.59 Å². The molecule has 0 aliphatic carbocycles. The lowest BCUT2D eigenvalue weighted by Crippen LogP contribution is -2.55. The molecule has 1 fully saturated rings. The van der Waals surface area contributed by atoms with Crippen LogP contribution in [0.15, 0.2) is 24.3 Å². The van der Waals surface area contributed by atoms with Crippen molar-refractivity contribution in [1.29, 1.82) is 0 Å². The molecule has 2 rings (SSSR count). The summed E-state index contributed by atoms with van der Waals surface area (Å²) in [4.78, 5) is 24.1. The lowest BCUT2D eigenvalue weighted by molar-refractivity contribution is -0.147. The average Bonchev–Trinajstić information content (AvgIpc) is 2.55. The molecule has 3 N–H and O–H groups in total. The third-order valence-electron chi connectivity index (χ3n) is 3.75. The van der Waals surface area contributed by atoms with E-state index in [1.54, 1.807) is 0 Å². The van der Waals surface area contributed by atoms with Gasteiger partial charge in [0.1, 0.15) is 11.4 Å². The minimum Gasteiger partial charge on any atom is -0.368 e. The Labute approximate surface area is 140 Å². The molecule has 0 bridgehead atoms. The van der Waals surface area contributed by atoms with Crippen molar-refractivity contribution in [3.63, 3.8) is 0 Å². The first kappa shape index (κ1) is 19.3. The SMILES string of the molecule is COC1(C(=O)NCC(=O)Nc2ccc(F)cc2)CCNCC1.Cl. The summed E-state index contributed by atoms with van der Waals surface area (Å²) < 4.78 is 18.2. The van der Waals surface area contributed by atoms with Gasteiger partial charge in [-0.05, 0) is 50.2 Å². The Kier molecular flexibility index (Phi) is 7.41. The molecule has 0 aromatic heterocycles. The van der Waals surface area contributed by atoms with Gasteiger partial charge in [-0.2, -0.15) is 0 Å². The molecule has 8 heteroatoms. The summed E-state index contributed by atoms with van der Waals surface area (Å²) in [6.07, 6.45) is 1.13. The minimum atomic E-state index is -0.874. The highest BCUT2D eigenvalue weighted by Crippen LogP contribution is 2.22. The molecule has 0 unspecified atom stereocenters. The van der Waals surface area contributed by atoms with E-state index in [2.05, 4.69) is 16.0 Å². The number of piperidine rings is 1. The standard InChI is InChI=1S/C15H20FN3O3.ClH/c1-22-15(6-8-17-9-7-15)14(21)18-10-13(20)19-12-4-2-11(16)3-5-12;/h2-5,17H,6-10H2,1H3,(H,18,21)(H,19,20);1H. The van der Waals surface area contributed by atoms with Crippen LogP contribution < -0.4 is 16.0 Å². The highest BCUT2D eigenvalue weighted by molar-refractivity contribution is 5.95. The van der Waals surface area contributed by atoms with E-state index in [0.29, 0.717) is 31.6 Å². The summed E-state index contributed by atoms with van der Waals surface area (Å²) in [6, 6.07) is 5.42. The van der Waals surface area contributed by atoms with Crippen LogP contribution >= 0.6 is 12.4 Å². The predicted molar refractivity (Wildman–Crippen MR) is 87.1 cm³/mol. The molecular weight excluding hydrogens is 325 g/mol. The highest BCUT2D eigenvalue weighted by atomic mass is 35.5. The maximum atomic E-state index is 12.8. The second-order valence-corrected chi connectivity index (χ2v) is 5.19. The average molecular weight is 346 g/mol. The number of nitrogens with one attached hydrogen (secondary N) is 3. The molecule has 0 atom stereocenters. The van der Waals surface area contributed by atoms with Crippen molar-refractivity contribution in [2.24, 2.45) is 0 Å². The Morgan fingerprint density at radius 3 is 2.43 bits per heavy atom. The minimum absolute atomic E-state index is 0. The van der Waals surface area contributed by atoms with Crippen molar-refractivity contribution >= 4 is 29.9 Å². The summed E-state index contributed by atoms with van der Waals surface area (Å²) in [5.74, 6) is -1.04. The summed E-state index contributed by atoms with van der Waals surface area (Å²) >= 11 is 0.